The van der Waals surface area contributed by atoms with Crippen molar-refractivity contribution in [2.45, 2.75) is 32.6 Å². The highest BCUT2D eigenvalue weighted by Gasteiger charge is 2.14. The molecule has 0 fully saturated rings. The molecule has 1 aliphatic heterocycles. The topological polar surface area (TPSA) is 50.4 Å². The number of hydrogen-bond acceptors (Lipinski definition) is 3. The summed E-state index contributed by atoms with van der Waals surface area (Å²) >= 11 is 0. The van der Waals surface area contributed by atoms with Gasteiger partial charge in [0.1, 0.15) is 5.75 Å². The van der Waals surface area contributed by atoms with Crippen molar-refractivity contribution < 1.29 is 9.53 Å². The summed E-state index contributed by atoms with van der Waals surface area (Å²) in [6, 6.07) is 5.95. The van der Waals surface area contributed by atoms with Gasteiger partial charge in [0.05, 0.1) is 6.61 Å². The second-order valence-electron chi connectivity index (χ2n) is 4.82. The van der Waals surface area contributed by atoms with E-state index in [0.29, 0.717) is 13.0 Å². The van der Waals surface area contributed by atoms with Crippen molar-refractivity contribution in [1.29, 1.82) is 0 Å². The Labute approximate surface area is 114 Å². The van der Waals surface area contributed by atoms with Crippen molar-refractivity contribution in [2.24, 2.45) is 0 Å². The SMILES string of the molecule is CCCNCCCOc1ccc2c(c1)NC(=O)CC2. The summed E-state index contributed by atoms with van der Waals surface area (Å²) < 4.78 is 5.70. The number of fused-ring (bicyclic) bond motifs is 1. The summed E-state index contributed by atoms with van der Waals surface area (Å²) in [6.45, 7) is 4.90. The van der Waals surface area contributed by atoms with E-state index in [1.807, 2.05) is 18.2 Å². The molecule has 0 radical (unpaired) electrons. The van der Waals surface area contributed by atoms with Gasteiger partial charge < -0.3 is 15.4 Å². The molecule has 0 saturated heterocycles. The van der Waals surface area contributed by atoms with Gasteiger partial charge in [-0.2, -0.15) is 0 Å². The van der Waals surface area contributed by atoms with Crippen LogP contribution in [0.15, 0.2) is 18.2 Å². The Morgan fingerprint density at radius 2 is 2.21 bits per heavy atom. The third kappa shape index (κ3) is 4.24. The molecule has 4 heteroatoms. The molecule has 0 bridgehead atoms. The van der Waals surface area contributed by atoms with Gasteiger partial charge in [-0.15, -0.1) is 0 Å². The van der Waals surface area contributed by atoms with E-state index in [0.717, 1.165) is 43.8 Å². The van der Waals surface area contributed by atoms with E-state index in [2.05, 4.69) is 17.6 Å². The van der Waals surface area contributed by atoms with Gasteiger partial charge in [-0.05, 0) is 44.0 Å². The molecule has 0 saturated carbocycles. The Morgan fingerprint density at radius 3 is 3.05 bits per heavy atom. The van der Waals surface area contributed by atoms with E-state index in [1.165, 1.54) is 5.56 Å². The number of rotatable bonds is 7. The fourth-order valence-corrected chi connectivity index (χ4v) is 2.13. The molecule has 1 heterocycles. The molecule has 1 amide bonds. The van der Waals surface area contributed by atoms with Gasteiger partial charge in [0.25, 0.3) is 0 Å². The highest BCUT2D eigenvalue weighted by Crippen LogP contribution is 2.27. The first kappa shape index (κ1) is 13.9. The maximum Gasteiger partial charge on any atom is 0.224 e. The zero-order chi connectivity index (χ0) is 13.5. The van der Waals surface area contributed by atoms with Crippen molar-refractivity contribution in [3.8, 4) is 5.75 Å². The van der Waals surface area contributed by atoms with Crippen molar-refractivity contribution in [1.82, 2.24) is 5.32 Å². The van der Waals surface area contributed by atoms with Gasteiger partial charge in [0.15, 0.2) is 0 Å². The first-order valence-electron chi connectivity index (χ1n) is 7.06. The lowest BCUT2D eigenvalue weighted by Gasteiger charge is -2.17. The van der Waals surface area contributed by atoms with E-state index < -0.39 is 0 Å². The van der Waals surface area contributed by atoms with E-state index in [1.54, 1.807) is 0 Å². The van der Waals surface area contributed by atoms with Crippen LogP contribution in [-0.2, 0) is 11.2 Å². The Hall–Kier alpha value is -1.55. The van der Waals surface area contributed by atoms with Gasteiger partial charge in [-0.1, -0.05) is 13.0 Å². The number of anilines is 1. The number of amides is 1. The van der Waals surface area contributed by atoms with Crippen molar-refractivity contribution in [2.75, 3.05) is 25.0 Å². The van der Waals surface area contributed by atoms with Crippen molar-refractivity contribution >= 4 is 11.6 Å². The molecule has 104 valence electrons. The van der Waals surface area contributed by atoms with Crippen molar-refractivity contribution in [3.63, 3.8) is 0 Å². The number of hydrogen-bond donors (Lipinski definition) is 2. The summed E-state index contributed by atoms with van der Waals surface area (Å²) in [5.41, 5.74) is 2.09. The van der Waals surface area contributed by atoms with Crippen LogP contribution >= 0.6 is 0 Å². The van der Waals surface area contributed by atoms with Gasteiger partial charge in [-0.3, -0.25) is 4.79 Å². The zero-order valence-corrected chi connectivity index (χ0v) is 11.5. The number of carbonyl (C=O) groups is 1. The lowest BCUT2D eigenvalue weighted by atomic mass is 10.0. The van der Waals surface area contributed by atoms with E-state index in [4.69, 9.17) is 4.74 Å². The summed E-state index contributed by atoms with van der Waals surface area (Å²) in [5.74, 6) is 0.921. The molecule has 4 nitrogen and oxygen atoms in total. The maximum absolute atomic E-state index is 11.3. The predicted molar refractivity (Wildman–Crippen MR) is 76.7 cm³/mol. The Kier molecular flexibility index (Phi) is 5.21. The average Bonchev–Trinajstić information content (AvgIpc) is 2.42. The quantitative estimate of drug-likeness (QED) is 0.742. The number of nitrogens with one attached hydrogen (secondary N) is 2. The summed E-state index contributed by atoms with van der Waals surface area (Å²) in [7, 11) is 0. The molecule has 0 atom stereocenters. The first-order chi connectivity index (χ1) is 9.29. The Bertz CT molecular complexity index is 432. The summed E-state index contributed by atoms with van der Waals surface area (Å²) in [6.07, 6.45) is 3.55. The van der Waals surface area contributed by atoms with Crippen LogP contribution in [0.2, 0.25) is 0 Å². The number of ether oxygens (including phenoxy) is 1. The third-order valence-corrected chi connectivity index (χ3v) is 3.17. The molecule has 0 aliphatic carbocycles. The highest BCUT2D eigenvalue weighted by molar-refractivity contribution is 5.94. The number of aryl methyl sites for hydroxylation is 1. The Morgan fingerprint density at radius 1 is 1.32 bits per heavy atom. The molecule has 2 rings (SSSR count). The molecule has 1 aromatic carbocycles. The minimum absolute atomic E-state index is 0.0911. The van der Waals surface area contributed by atoms with Crippen LogP contribution in [0.1, 0.15) is 31.7 Å². The fraction of sp³-hybridized carbons (Fsp3) is 0.533. The number of carbonyl (C=O) groups excluding carboxylic acids is 1. The number of benzene rings is 1. The van der Waals surface area contributed by atoms with Crippen LogP contribution < -0.4 is 15.4 Å². The highest BCUT2D eigenvalue weighted by atomic mass is 16.5. The van der Waals surface area contributed by atoms with Crippen LogP contribution in [0.4, 0.5) is 5.69 Å². The van der Waals surface area contributed by atoms with E-state index in [9.17, 15) is 4.79 Å². The van der Waals surface area contributed by atoms with Gasteiger partial charge in [0.2, 0.25) is 5.91 Å². The van der Waals surface area contributed by atoms with Gasteiger partial charge in [0, 0.05) is 18.2 Å². The first-order valence-corrected chi connectivity index (χ1v) is 7.06. The summed E-state index contributed by atoms with van der Waals surface area (Å²) in [5, 5.41) is 6.23. The maximum atomic E-state index is 11.3. The van der Waals surface area contributed by atoms with Gasteiger partial charge >= 0.3 is 0 Å². The van der Waals surface area contributed by atoms with Crippen LogP contribution in [-0.4, -0.2) is 25.6 Å². The van der Waals surface area contributed by atoms with Gasteiger partial charge in [-0.25, -0.2) is 0 Å². The van der Waals surface area contributed by atoms with Crippen LogP contribution in [0.25, 0.3) is 0 Å². The molecular formula is C15H22N2O2. The smallest absolute Gasteiger partial charge is 0.224 e. The second kappa shape index (κ2) is 7.14. The largest absolute Gasteiger partial charge is 0.493 e. The minimum Gasteiger partial charge on any atom is -0.493 e. The monoisotopic (exact) mass is 262 g/mol. The fourth-order valence-electron chi connectivity index (χ4n) is 2.13. The summed E-state index contributed by atoms with van der Waals surface area (Å²) in [4.78, 5) is 11.3. The lowest BCUT2D eigenvalue weighted by molar-refractivity contribution is -0.116. The molecule has 19 heavy (non-hydrogen) atoms. The zero-order valence-electron chi connectivity index (χ0n) is 11.5. The minimum atomic E-state index is 0.0911. The molecule has 0 aromatic heterocycles. The van der Waals surface area contributed by atoms with Crippen LogP contribution in [0.5, 0.6) is 5.75 Å². The molecule has 0 unspecified atom stereocenters. The average molecular weight is 262 g/mol. The molecule has 1 aromatic rings. The molecule has 1 aliphatic rings. The van der Waals surface area contributed by atoms with Crippen LogP contribution in [0, 0.1) is 0 Å². The third-order valence-electron chi connectivity index (χ3n) is 3.17. The Balaban J connectivity index is 1.78. The normalized spacial score (nSPS) is 13.8. The molecule has 0 spiro atoms. The standard InChI is InChI=1S/C15H22N2O2/c1-2-8-16-9-3-10-19-13-6-4-12-5-7-15(18)17-14(12)11-13/h4,6,11,16H,2-3,5,7-10H2,1H3,(H,17,18). The molecular weight excluding hydrogens is 240 g/mol. The van der Waals surface area contributed by atoms with E-state index in [-0.39, 0.29) is 5.91 Å². The van der Waals surface area contributed by atoms with Crippen molar-refractivity contribution in [3.05, 3.63) is 23.8 Å². The predicted octanol–water partition coefficient (Wildman–Crippen LogP) is 2.34. The van der Waals surface area contributed by atoms with E-state index >= 15 is 0 Å². The lowest BCUT2D eigenvalue weighted by Crippen LogP contribution is -2.19. The molecule has 2 N–H and O–H groups in total. The second-order valence-corrected chi connectivity index (χ2v) is 4.82. The van der Waals surface area contributed by atoms with Crippen LogP contribution in [0.3, 0.4) is 0 Å².